The second-order valence-electron chi connectivity index (χ2n) is 5.16. The quantitative estimate of drug-likeness (QED) is 0.441. The van der Waals surface area contributed by atoms with Gasteiger partial charge in [-0.15, -0.1) is 8.58 Å². The predicted molar refractivity (Wildman–Crippen MR) is 66.6 cm³/mol. The van der Waals surface area contributed by atoms with Gasteiger partial charge in [-0.3, -0.25) is 0 Å². The minimum atomic E-state index is 1.13. The van der Waals surface area contributed by atoms with Gasteiger partial charge in [0.15, 0.2) is 0 Å². The lowest BCUT2D eigenvalue weighted by Crippen LogP contribution is -2.15. The third-order valence-electron chi connectivity index (χ3n) is 4.07. The zero-order chi connectivity index (χ0) is 9.64. The maximum Gasteiger partial charge on any atom is -0.0208 e. The molecular weight excluding hydrogens is 187 g/mol. The molecule has 1 saturated heterocycles. The van der Waals surface area contributed by atoms with Crippen LogP contribution >= 0.6 is 8.58 Å². The molecular formula is C13H25P. The summed E-state index contributed by atoms with van der Waals surface area (Å²) in [5.74, 6) is 1.13. The predicted octanol–water partition coefficient (Wildman–Crippen LogP) is 4.58. The fourth-order valence-electron chi connectivity index (χ4n) is 3.17. The molecule has 0 aromatic carbocycles. The van der Waals surface area contributed by atoms with Crippen molar-refractivity contribution in [2.45, 2.75) is 69.9 Å². The SMILES string of the molecule is C1CCCC(C2CCCCCP2)CC1. The van der Waals surface area contributed by atoms with Crippen molar-refractivity contribution >= 4 is 8.58 Å². The molecule has 0 aromatic rings. The lowest BCUT2D eigenvalue weighted by atomic mass is 9.93. The first kappa shape index (κ1) is 10.9. The summed E-state index contributed by atoms with van der Waals surface area (Å²) in [6, 6.07) is 0. The van der Waals surface area contributed by atoms with Crippen molar-refractivity contribution in [1.29, 1.82) is 0 Å². The van der Waals surface area contributed by atoms with Crippen LogP contribution in [0.15, 0.2) is 0 Å². The second kappa shape index (κ2) is 6.11. The molecule has 1 aliphatic carbocycles. The van der Waals surface area contributed by atoms with Crippen molar-refractivity contribution in [3.63, 3.8) is 0 Å². The van der Waals surface area contributed by atoms with E-state index >= 15 is 0 Å². The van der Waals surface area contributed by atoms with Gasteiger partial charge in [0, 0.05) is 0 Å². The first-order valence-electron chi connectivity index (χ1n) is 6.70. The summed E-state index contributed by atoms with van der Waals surface area (Å²) >= 11 is 0. The Bertz CT molecular complexity index is 121. The van der Waals surface area contributed by atoms with Crippen LogP contribution in [-0.4, -0.2) is 11.8 Å². The third-order valence-corrected chi connectivity index (χ3v) is 5.99. The molecule has 2 aliphatic rings. The van der Waals surface area contributed by atoms with Crippen LogP contribution in [0.5, 0.6) is 0 Å². The fourth-order valence-corrected chi connectivity index (χ4v) is 5.07. The molecule has 0 nitrogen and oxygen atoms in total. The molecule has 0 aromatic heterocycles. The zero-order valence-corrected chi connectivity index (χ0v) is 10.4. The van der Waals surface area contributed by atoms with Gasteiger partial charge in [-0.1, -0.05) is 38.5 Å². The maximum atomic E-state index is 1.57. The molecule has 1 heteroatoms. The van der Waals surface area contributed by atoms with E-state index in [9.17, 15) is 0 Å². The molecule has 2 unspecified atom stereocenters. The van der Waals surface area contributed by atoms with Crippen LogP contribution in [0.4, 0.5) is 0 Å². The first-order chi connectivity index (χ1) is 6.97. The molecule has 82 valence electrons. The highest BCUT2D eigenvalue weighted by Crippen LogP contribution is 2.40. The summed E-state index contributed by atoms with van der Waals surface area (Å²) in [5, 5.41) is 0. The van der Waals surface area contributed by atoms with E-state index in [4.69, 9.17) is 0 Å². The fraction of sp³-hybridized carbons (Fsp3) is 1.00. The van der Waals surface area contributed by atoms with Crippen LogP contribution in [0.3, 0.4) is 0 Å². The van der Waals surface area contributed by atoms with E-state index in [2.05, 4.69) is 0 Å². The van der Waals surface area contributed by atoms with Crippen LogP contribution in [-0.2, 0) is 0 Å². The van der Waals surface area contributed by atoms with Gasteiger partial charge in [-0.25, -0.2) is 0 Å². The molecule has 0 N–H and O–H groups in total. The highest BCUT2D eigenvalue weighted by Gasteiger charge is 2.23. The molecule has 2 fully saturated rings. The summed E-state index contributed by atoms with van der Waals surface area (Å²) in [7, 11) is 1.31. The summed E-state index contributed by atoms with van der Waals surface area (Å²) in [6.07, 6.45) is 17.0. The van der Waals surface area contributed by atoms with Crippen molar-refractivity contribution in [3.8, 4) is 0 Å². The second-order valence-corrected chi connectivity index (χ2v) is 6.81. The van der Waals surface area contributed by atoms with Gasteiger partial charge in [0.2, 0.25) is 0 Å². The summed E-state index contributed by atoms with van der Waals surface area (Å²) in [6.45, 7) is 0. The van der Waals surface area contributed by atoms with E-state index in [-0.39, 0.29) is 0 Å². The molecule has 1 aliphatic heterocycles. The standard InChI is InChI=1S/C13H25P/c1-2-5-9-12(8-4-1)13-10-6-3-7-11-14-13/h12-14H,1-11H2. The molecule has 1 heterocycles. The Morgan fingerprint density at radius 1 is 0.643 bits per heavy atom. The van der Waals surface area contributed by atoms with Crippen molar-refractivity contribution in [2.75, 3.05) is 6.16 Å². The van der Waals surface area contributed by atoms with Gasteiger partial charge in [0.05, 0.1) is 0 Å². The van der Waals surface area contributed by atoms with Crippen molar-refractivity contribution in [3.05, 3.63) is 0 Å². The molecule has 1 saturated carbocycles. The van der Waals surface area contributed by atoms with Crippen molar-refractivity contribution < 1.29 is 0 Å². The Balaban J connectivity index is 1.83. The van der Waals surface area contributed by atoms with Gasteiger partial charge in [0.1, 0.15) is 0 Å². The van der Waals surface area contributed by atoms with E-state index in [1.807, 2.05) is 0 Å². The van der Waals surface area contributed by atoms with E-state index in [1.165, 1.54) is 53.5 Å². The maximum absolute atomic E-state index is 1.57. The Kier molecular flexibility index (Phi) is 4.77. The van der Waals surface area contributed by atoms with Crippen LogP contribution in [0.25, 0.3) is 0 Å². The van der Waals surface area contributed by atoms with Crippen LogP contribution in [0.1, 0.15) is 64.2 Å². The number of rotatable bonds is 1. The van der Waals surface area contributed by atoms with Crippen LogP contribution in [0, 0.1) is 5.92 Å². The molecule has 0 bridgehead atoms. The van der Waals surface area contributed by atoms with E-state index in [0.29, 0.717) is 0 Å². The normalized spacial score (nSPS) is 33.9. The zero-order valence-electron chi connectivity index (χ0n) is 9.43. The first-order valence-corrected chi connectivity index (χ1v) is 7.98. The smallest absolute Gasteiger partial charge is 0.0208 e. The molecule has 0 radical (unpaired) electrons. The van der Waals surface area contributed by atoms with E-state index in [0.717, 1.165) is 11.6 Å². The molecule has 2 atom stereocenters. The van der Waals surface area contributed by atoms with Gasteiger partial charge in [-0.2, -0.15) is 0 Å². The monoisotopic (exact) mass is 212 g/mol. The van der Waals surface area contributed by atoms with Crippen LogP contribution in [0.2, 0.25) is 0 Å². The highest BCUT2D eigenvalue weighted by atomic mass is 31.1. The van der Waals surface area contributed by atoms with E-state index in [1.54, 1.807) is 25.4 Å². The Morgan fingerprint density at radius 2 is 1.29 bits per heavy atom. The molecule has 2 rings (SSSR count). The Morgan fingerprint density at radius 3 is 2.07 bits per heavy atom. The topological polar surface area (TPSA) is 0 Å². The number of hydrogen-bond donors (Lipinski definition) is 0. The van der Waals surface area contributed by atoms with Crippen molar-refractivity contribution in [2.24, 2.45) is 5.92 Å². The average Bonchev–Trinajstić information content (AvgIpc) is 2.62. The summed E-state index contributed by atoms with van der Waals surface area (Å²) in [5.41, 5.74) is 1.15. The van der Waals surface area contributed by atoms with Gasteiger partial charge in [-0.05, 0) is 43.4 Å². The lowest BCUT2D eigenvalue weighted by Gasteiger charge is -2.24. The van der Waals surface area contributed by atoms with Gasteiger partial charge in [0.25, 0.3) is 0 Å². The average molecular weight is 212 g/mol. The Labute approximate surface area is 91.0 Å². The summed E-state index contributed by atoms with van der Waals surface area (Å²) < 4.78 is 0. The molecule has 14 heavy (non-hydrogen) atoms. The third kappa shape index (κ3) is 3.23. The van der Waals surface area contributed by atoms with Gasteiger partial charge < -0.3 is 0 Å². The largest absolute Gasteiger partial charge is 0.119 e. The van der Waals surface area contributed by atoms with Crippen molar-refractivity contribution in [1.82, 2.24) is 0 Å². The minimum Gasteiger partial charge on any atom is -0.119 e. The number of hydrogen-bond acceptors (Lipinski definition) is 0. The lowest BCUT2D eigenvalue weighted by molar-refractivity contribution is 0.421. The molecule has 0 amide bonds. The van der Waals surface area contributed by atoms with Crippen LogP contribution < -0.4 is 0 Å². The van der Waals surface area contributed by atoms with E-state index < -0.39 is 0 Å². The Hall–Kier alpha value is 0.430. The van der Waals surface area contributed by atoms with Gasteiger partial charge >= 0.3 is 0 Å². The molecule has 0 spiro atoms. The minimum absolute atomic E-state index is 1.13. The summed E-state index contributed by atoms with van der Waals surface area (Å²) in [4.78, 5) is 0. The highest BCUT2D eigenvalue weighted by molar-refractivity contribution is 7.38.